The van der Waals surface area contributed by atoms with Crippen molar-refractivity contribution < 1.29 is 19.0 Å². The molecule has 0 spiro atoms. The van der Waals surface area contributed by atoms with Crippen molar-refractivity contribution in [2.24, 2.45) is 5.92 Å². The van der Waals surface area contributed by atoms with E-state index in [1.54, 1.807) is 24.3 Å². The second kappa shape index (κ2) is 17.5. The lowest BCUT2D eigenvalue weighted by molar-refractivity contribution is 0.0734. The number of carbonyl (C=O) groups is 1. The van der Waals surface area contributed by atoms with E-state index in [9.17, 15) is 10.1 Å². The molecular formula is C33H45NO4. The quantitative estimate of drug-likeness (QED) is 0.118. The van der Waals surface area contributed by atoms with E-state index in [1.807, 2.05) is 12.1 Å². The van der Waals surface area contributed by atoms with Gasteiger partial charge < -0.3 is 14.2 Å². The van der Waals surface area contributed by atoms with E-state index in [0.29, 0.717) is 35.2 Å². The Labute approximate surface area is 229 Å². The van der Waals surface area contributed by atoms with Crippen LogP contribution < -0.4 is 14.2 Å². The summed E-state index contributed by atoms with van der Waals surface area (Å²) < 4.78 is 17.3. The Bertz CT molecular complexity index is 989. The molecule has 0 atom stereocenters. The van der Waals surface area contributed by atoms with Crippen LogP contribution in [0.2, 0.25) is 0 Å². The second-order valence-corrected chi connectivity index (χ2v) is 10.5. The van der Waals surface area contributed by atoms with E-state index >= 15 is 0 Å². The predicted octanol–water partition coefficient (Wildman–Crippen LogP) is 9.04. The molecule has 0 aromatic heterocycles. The van der Waals surface area contributed by atoms with E-state index < -0.39 is 5.97 Å². The Hall–Kier alpha value is -3.00. The summed E-state index contributed by atoms with van der Waals surface area (Å²) in [7, 11) is 0. The number of nitriles is 1. The van der Waals surface area contributed by atoms with Gasteiger partial charge in [0.2, 0.25) is 0 Å². The monoisotopic (exact) mass is 519 g/mol. The van der Waals surface area contributed by atoms with Gasteiger partial charge in [0.1, 0.15) is 23.3 Å². The van der Waals surface area contributed by atoms with Crippen LogP contribution in [0.3, 0.4) is 0 Å². The van der Waals surface area contributed by atoms with Gasteiger partial charge in [-0.05, 0) is 67.6 Å². The molecule has 0 heterocycles. The molecule has 0 amide bonds. The van der Waals surface area contributed by atoms with Gasteiger partial charge in [-0.15, -0.1) is 0 Å². The van der Waals surface area contributed by atoms with Crippen LogP contribution in [0.25, 0.3) is 0 Å². The smallest absolute Gasteiger partial charge is 0.343 e. The van der Waals surface area contributed by atoms with Crippen LogP contribution in [0.4, 0.5) is 0 Å². The van der Waals surface area contributed by atoms with E-state index in [-0.39, 0.29) is 0 Å². The van der Waals surface area contributed by atoms with Crippen molar-refractivity contribution in [3.05, 3.63) is 53.6 Å². The topological polar surface area (TPSA) is 68.6 Å². The van der Waals surface area contributed by atoms with E-state index in [2.05, 4.69) is 13.0 Å². The zero-order valence-electron chi connectivity index (χ0n) is 23.2. The lowest BCUT2D eigenvalue weighted by atomic mass is 9.90. The SMILES string of the molecule is CCCCCCCCCCCCOc1ccc(C(=O)Oc2ccc(OCC3CCCCC3)cc2)cc1C#N. The number of nitrogens with zero attached hydrogens (tertiary/aromatic N) is 1. The molecule has 1 saturated carbocycles. The van der Waals surface area contributed by atoms with Gasteiger partial charge in [0.05, 0.1) is 24.3 Å². The molecule has 1 aliphatic rings. The van der Waals surface area contributed by atoms with Gasteiger partial charge in [0.15, 0.2) is 0 Å². The standard InChI is InChI=1S/C33H45NO4/c1-2-3-4-5-6-7-8-9-10-14-23-36-32-22-17-28(24-29(32)25-34)33(35)38-31-20-18-30(19-21-31)37-26-27-15-12-11-13-16-27/h17-22,24,27H,2-16,23,26H2,1H3. The Kier molecular flexibility index (Phi) is 13.6. The van der Waals surface area contributed by atoms with Crippen LogP contribution >= 0.6 is 0 Å². The first-order valence-corrected chi connectivity index (χ1v) is 14.8. The van der Waals surface area contributed by atoms with Gasteiger partial charge in [0.25, 0.3) is 0 Å². The molecule has 0 bridgehead atoms. The molecule has 0 unspecified atom stereocenters. The number of esters is 1. The van der Waals surface area contributed by atoms with Crippen LogP contribution in [0.5, 0.6) is 17.2 Å². The fraction of sp³-hybridized carbons (Fsp3) is 0.576. The maximum Gasteiger partial charge on any atom is 0.343 e. The van der Waals surface area contributed by atoms with Crippen LogP contribution in [-0.4, -0.2) is 19.2 Å². The van der Waals surface area contributed by atoms with Crippen LogP contribution in [0.1, 0.15) is 119 Å². The minimum Gasteiger partial charge on any atom is -0.493 e. The molecule has 3 rings (SSSR count). The van der Waals surface area contributed by atoms with Gasteiger partial charge in [-0.25, -0.2) is 4.79 Å². The zero-order valence-corrected chi connectivity index (χ0v) is 23.2. The third kappa shape index (κ3) is 10.8. The lowest BCUT2D eigenvalue weighted by Gasteiger charge is -2.21. The molecule has 0 saturated heterocycles. The van der Waals surface area contributed by atoms with Gasteiger partial charge in [0, 0.05) is 0 Å². The summed E-state index contributed by atoms with van der Waals surface area (Å²) >= 11 is 0. The fourth-order valence-corrected chi connectivity index (χ4v) is 4.98. The molecule has 0 aliphatic heterocycles. The molecule has 2 aromatic carbocycles. The Morgan fingerprint density at radius 3 is 2.11 bits per heavy atom. The maximum absolute atomic E-state index is 12.7. The number of carbonyl (C=O) groups excluding carboxylic acids is 1. The molecule has 206 valence electrons. The van der Waals surface area contributed by atoms with Crippen LogP contribution in [0, 0.1) is 17.2 Å². The zero-order chi connectivity index (χ0) is 26.8. The van der Waals surface area contributed by atoms with E-state index in [0.717, 1.165) is 25.2 Å². The summed E-state index contributed by atoms with van der Waals surface area (Å²) in [5, 5.41) is 9.57. The van der Waals surface area contributed by atoms with Crippen LogP contribution in [0.15, 0.2) is 42.5 Å². The number of rotatable bonds is 17. The third-order valence-corrected chi connectivity index (χ3v) is 7.34. The first kappa shape index (κ1) is 29.6. The largest absolute Gasteiger partial charge is 0.493 e. The Morgan fingerprint density at radius 1 is 0.816 bits per heavy atom. The highest BCUT2D eigenvalue weighted by Gasteiger charge is 2.15. The third-order valence-electron chi connectivity index (χ3n) is 7.34. The summed E-state index contributed by atoms with van der Waals surface area (Å²) in [5.74, 6) is 1.88. The average molecular weight is 520 g/mol. The van der Waals surface area contributed by atoms with Crippen molar-refractivity contribution in [3.8, 4) is 23.3 Å². The summed E-state index contributed by atoms with van der Waals surface area (Å²) in [5.41, 5.74) is 0.670. The molecule has 5 heteroatoms. The van der Waals surface area contributed by atoms with Crippen molar-refractivity contribution in [2.75, 3.05) is 13.2 Å². The molecule has 2 aromatic rings. The van der Waals surface area contributed by atoms with Gasteiger partial charge in [-0.1, -0.05) is 84.0 Å². The molecule has 38 heavy (non-hydrogen) atoms. The van der Waals surface area contributed by atoms with Gasteiger partial charge >= 0.3 is 5.97 Å². The molecular weight excluding hydrogens is 474 g/mol. The number of hydrogen-bond acceptors (Lipinski definition) is 5. The highest BCUT2D eigenvalue weighted by atomic mass is 16.5. The number of ether oxygens (including phenoxy) is 3. The lowest BCUT2D eigenvalue weighted by Crippen LogP contribution is -2.15. The first-order chi connectivity index (χ1) is 18.7. The van der Waals surface area contributed by atoms with E-state index in [4.69, 9.17) is 14.2 Å². The number of hydrogen-bond donors (Lipinski definition) is 0. The van der Waals surface area contributed by atoms with Gasteiger partial charge in [-0.2, -0.15) is 5.26 Å². The first-order valence-electron chi connectivity index (χ1n) is 14.8. The summed E-state index contributed by atoms with van der Waals surface area (Å²) in [4.78, 5) is 12.7. The molecule has 0 N–H and O–H groups in total. The molecule has 1 fully saturated rings. The predicted molar refractivity (Wildman–Crippen MR) is 152 cm³/mol. The highest BCUT2D eigenvalue weighted by Crippen LogP contribution is 2.26. The molecule has 5 nitrogen and oxygen atoms in total. The van der Waals surface area contributed by atoms with Crippen molar-refractivity contribution in [2.45, 2.75) is 103 Å². The molecule has 1 aliphatic carbocycles. The van der Waals surface area contributed by atoms with Crippen molar-refractivity contribution >= 4 is 5.97 Å². The maximum atomic E-state index is 12.7. The second-order valence-electron chi connectivity index (χ2n) is 10.5. The van der Waals surface area contributed by atoms with Crippen molar-refractivity contribution in [1.82, 2.24) is 0 Å². The number of benzene rings is 2. The van der Waals surface area contributed by atoms with Crippen molar-refractivity contribution in [1.29, 1.82) is 5.26 Å². The normalized spacial score (nSPS) is 13.6. The summed E-state index contributed by atoms with van der Waals surface area (Å²) in [6.45, 7) is 3.56. The van der Waals surface area contributed by atoms with Gasteiger partial charge in [-0.3, -0.25) is 0 Å². The van der Waals surface area contributed by atoms with Crippen molar-refractivity contribution in [3.63, 3.8) is 0 Å². The van der Waals surface area contributed by atoms with E-state index in [1.165, 1.54) is 89.5 Å². The highest BCUT2D eigenvalue weighted by molar-refractivity contribution is 5.91. The van der Waals surface area contributed by atoms with Crippen LogP contribution in [-0.2, 0) is 0 Å². The fourth-order valence-electron chi connectivity index (χ4n) is 4.98. The molecule has 0 radical (unpaired) electrons. The number of unbranched alkanes of at least 4 members (excludes halogenated alkanes) is 9. The summed E-state index contributed by atoms with van der Waals surface area (Å²) in [6.07, 6.45) is 19.0. The Morgan fingerprint density at radius 2 is 1.45 bits per heavy atom. The summed E-state index contributed by atoms with van der Waals surface area (Å²) in [6, 6.07) is 14.2. The minimum atomic E-state index is -0.501. The average Bonchev–Trinajstić information content (AvgIpc) is 2.96. The Balaban J connectivity index is 1.36. The minimum absolute atomic E-state index is 0.325.